The van der Waals surface area contributed by atoms with Gasteiger partial charge >= 0.3 is 0 Å². The molecule has 0 spiro atoms. The van der Waals surface area contributed by atoms with E-state index in [1.165, 1.54) is 0 Å². The predicted octanol–water partition coefficient (Wildman–Crippen LogP) is 2.34. The number of fused-ring (bicyclic) bond motifs is 1. The first-order valence-electron chi connectivity index (χ1n) is 4.15. The highest BCUT2D eigenvalue weighted by Gasteiger charge is 2.19. The highest BCUT2D eigenvalue weighted by Crippen LogP contribution is 2.31. The normalized spacial score (nSPS) is 18.3. The number of nitrogens with zero attached hydrogens (tertiary/aromatic N) is 3. The molecule has 1 aromatic carbocycles. The van der Waals surface area contributed by atoms with Crippen LogP contribution in [0.15, 0.2) is 33.9 Å². The second kappa shape index (κ2) is 3.86. The molecule has 1 atom stereocenters. The van der Waals surface area contributed by atoms with Gasteiger partial charge in [-0.05, 0) is 23.7 Å². The fourth-order valence-electron chi connectivity index (χ4n) is 1.29. The van der Waals surface area contributed by atoms with Crippen molar-refractivity contribution in [3.8, 4) is 5.75 Å². The molecule has 1 unspecified atom stereocenters. The van der Waals surface area contributed by atoms with E-state index in [2.05, 4.69) is 22.7 Å². The van der Waals surface area contributed by atoms with Crippen molar-refractivity contribution in [2.75, 3.05) is 0 Å². The van der Waals surface area contributed by atoms with Crippen LogP contribution in [0.5, 0.6) is 5.75 Å². The van der Waals surface area contributed by atoms with Crippen molar-refractivity contribution < 1.29 is 9.84 Å². The number of aliphatic hydroxyl groups excluding tert-OH is 1. The third-order valence-corrected chi connectivity index (χ3v) is 2.23. The average molecular weight is 221 g/mol. The van der Waals surface area contributed by atoms with Crippen molar-refractivity contribution in [1.82, 2.24) is 0 Å². The summed E-state index contributed by atoms with van der Waals surface area (Å²) in [6, 6.07) is 5.24. The summed E-state index contributed by atoms with van der Waals surface area (Å²) in [5.41, 5.74) is 9.17. The fourth-order valence-corrected chi connectivity index (χ4v) is 1.48. The summed E-state index contributed by atoms with van der Waals surface area (Å²) in [5.74, 6) is 0.520. The predicted molar refractivity (Wildman–Crippen MR) is 57.5 cm³/mol. The molecule has 76 valence electrons. The van der Waals surface area contributed by atoms with Gasteiger partial charge in [-0.15, -0.1) is 12.6 Å². The molecule has 15 heavy (non-hydrogen) atoms. The van der Waals surface area contributed by atoms with Gasteiger partial charge in [0.2, 0.25) is 6.29 Å². The Balaban J connectivity index is 2.49. The van der Waals surface area contributed by atoms with Gasteiger partial charge in [0.15, 0.2) is 0 Å². The molecule has 0 aromatic heterocycles. The monoisotopic (exact) mass is 221 g/mol. The first-order chi connectivity index (χ1) is 7.20. The smallest absolute Gasteiger partial charge is 0.226 e. The summed E-state index contributed by atoms with van der Waals surface area (Å²) in [6.45, 7) is 0. The third kappa shape index (κ3) is 1.92. The molecule has 6 heteroatoms. The van der Waals surface area contributed by atoms with Crippen LogP contribution in [-0.4, -0.2) is 11.4 Å². The first-order valence-corrected chi connectivity index (χ1v) is 4.60. The van der Waals surface area contributed by atoms with E-state index in [0.29, 0.717) is 5.75 Å². The van der Waals surface area contributed by atoms with Gasteiger partial charge in [0.25, 0.3) is 0 Å². The van der Waals surface area contributed by atoms with Gasteiger partial charge in [-0.3, -0.25) is 0 Å². The van der Waals surface area contributed by atoms with E-state index in [1.807, 2.05) is 0 Å². The molecule has 5 nitrogen and oxygen atoms in total. The zero-order valence-electron chi connectivity index (χ0n) is 7.53. The van der Waals surface area contributed by atoms with E-state index in [1.54, 1.807) is 24.3 Å². The number of aliphatic hydroxyl groups is 1. The Morgan fingerprint density at radius 3 is 3.07 bits per heavy atom. The van der Waals surface area contributed by atoms with Crippen LogP contribution < -0.4 is 4.74 Å². The van der Waals surface area contributed by atoms with Crippen LogP contribution in [0.25, 0.3) is 16.5 Å². The molecule has 0 saturated heterocycles. The number of hydrogen-bond donors (Lipinski definition) is 2. The summed E-state index contributed by atoms with van der Waals surface area (Å²) >= 11 is 4.15. The molecule has 1 aliphatic heterocycles. The van der Waals surface area contributed by atoms with Crippen LogP contribution in [0.1, 0.15) is 5.56 Å². The highest BCUT2D eigenvalue weighted by atomic mass is 32.1. The topological polar surface area (TPSA) is 78.2 Å². The summed E-state index contributed by atoms with van der Waals surface area (Å²) in [6.07, 6.45) is 0.361. The second-order valence-electron chi connectivity index (χ2n) is 2.95. The van der Waals surface area contributed by atoms with Gasteiger partial charge in [0, 0.05) is 15.4 Å². The Kier molecular flexibility index (Phi) is 2.55. The van der Waals surface area contributed by atoms with Gasteiger partial charge in [0.1, 0.15) is 5.75 Å². The maximum atomic E-state index is 9.46. The number of azide groups is 1. The van der Waals surface area contributed by atoms with Crippen LogP contribution >= 0.6 is 12.6 Å². The molecule has 1 aromatic rings. The van der Waals surface area contributed by atoms with E-state index >= 15 is 0 Å². The van der Waals surface area contributed by atoms with Gasteiger partial charge in [-0.1, -0.05) is 11.2 Å². The molecule has 0 bridgehead atoms. The van der Waals surface area contributed by atoms with Gasteiger partial charge in [-0.2, -0.15) is 0 Å². The van der Waals surface area contributed by atoms with Crippen LogP contribution in [-0.2, 0) is 0 Å². The molecular formula is C9H7N3O2S. The van der Waals surface area contributed by atoms with Crippen molar-refractivity contribution in [3.63, 3.8) is 0 Å². The number of benzene rings is 1. The zero-order valence-corrected chi connectivity index (χ0v) is 8.43. The molecule has 1 aliphatic rings. The van der Waals surface area contributed by atoms with Crippen molar-refractivity contribution in [2.24, 2.45) is 5.11 Å². The van der Waals surface area contributed by atoms with E-state index in [9.17, 15) is 5.11 Å². The fraction of sp³-hybridized carbons (Fsp3) is 0.111. The first kappa shape index (κ1) is 9.92. The lowest BCUT2D eigenvalue weighted by Gasteiger charge is -2.20. The molecule has 0 fully saturated rings. The Morgan fingerprint density at radius 1 is 1.53 bits per heavy atom. The maximum absolute atomic E-state index is 9.46. The molecule has 0 amide bonds. The molecule has 1 N–H and O–H groups in total. The lowest BCUT2D eigenvalue weighted by atomic mass is 10.1. The highest BCUT2D eigenvalue weighted by molar-refractivity contribution is 7.80. The summed E-state index contributed by atoms with van der Waals surface area (Å²) < 4.78 is 5.15. The Labute approximate surface area is 91.0 Å². The largest absolute Gasteiger partial charge is 0.460 e. The average Bonchev–Trinajstić information content (AvgIpc) is 2.20. The van der Waals surface area contributed by atoms with Crippen molar-refractivity contribution in [2.45, 2.75) is 11.2 Å². The number of thiol groups is 1. The Hall–Kier alpha value is -1.62. The van der Waals surface area contributed by atoms with Crippen LogP contribution in [0.2, 0.25) is 0 Å². The molecule has 0 radical (unpaired) electrons. The summed E-state index contributed by atoms with van der Waals surface area (Å²) in [4.78, 5) is 3.34. The zero-order chi connectivity index (χ0) is 10.8. The number of hydrogen-bond acceptors (Lipinski definition) is 4. The third-order valence-electron chi connectivity index (χ3n) is 1.95. The van der Waals surface area contributed by atoms with Crippen molar-refractivity contribution in [3.05, 3.63) is 39.9 Å². The van der Waals surface area contributed by atoms with Crippen molar-refractivity contribution in [1.29, 1.82) is 0 Å². The SMILES string of the molecule is [N-]=[N+]=NC1=Cc2ccc(S)cc2OC1O. The minimum absolute atomic E-state index is 0.150. The molecule has 1 heterocycles. The summed E-state index contributed by atoms with van der Waals surface area (Å²) in [5, 5.41) is 12.8. The van der Waals surface area contributed by atoms with Gasteiger partial charge in [-0.25, -0.2) is 0 Å². The lowest BCUT2D eigenvalue weighted by Crippen LogP contribution is -2.20. The standard InChI is InChI=1S/C9H7N3O2S/c10-12-11-7-3-5-1-2-6(15)4-8(5)14-9(7)13/h1-4,9,13,15H. The molecular weight excluding hydrogens is 214 g/mol. The minimum Gasteiger partial charge on any atom is -0.460 e. The second-order valence-corrected chi connectivity index (χ2v) is 3.47. The van der Waals surface area contributed by atoms with Gasteiger partial charge in [0.05, 0.1) is 5.70 Å². The van der Waals surface area contributed by atoms with E-state index < -0.39 is 6.29 Å². The van der Waals surface area contributed by atoms with E-state index in [4.69, 9.17) is 10.3 Å². The minimum atomic E-state index is -1.22. The quantitative estimate of drug-likeness (QED) is 0.330. The number of ether oxygens (including phenoxy) is 1. The lowest BCUT2D eigenvalue weighted by molar-refractivity contribution is 0.0117. The van der Waals surface area contributed by atoms with Crippen LogP contribution in [0.3, 0.4) is 0 Å². The maximum Gasteiger partial charge on any atom is 0.226 e. The van der Waals surface area contributed by atoms with Gasteiger partial charge < -0.3 is 9.84 Å². The van der Waals surface area contributed by atoms with Crippen LogP contribution in [0.4, 0.5) is 0 Å². The summed E-state index contributed by atoms with van der Waals surface area (Å²) in [7, 11) is 0. The molecule has 2 rings (SSSR count). The Bertz CT molecular complexity index is 480. The molecule has 0 saturated carbocycles. The van der Waals surface area contributed by atoms with E-state index in [0.717, 1.165) is 10.5 Å². The molecule has 0 aliphatic carbocycles. The Morgan fingerprint density at radius 2 is 2.33 bits per heavy atom. The number of rotatable bonds is 1. The van der Waals surface area contributed by atoms with E-state index in [-0.39, 0.29) is 5.70 Å². The van der Waals surface area contributed by atoms with Crippen molar-refractivity contribution >= 4 is 18.7 Å². The van der Waals surface area contributed by atoms with Crippen LogP contribution in [0, 0.1) is 0 Å².